The van der Waals surface area contributed by atoms with Crippen molar-refractivity contribution in [1.29, 1.82) is 0 Å². The summed E-state index contributed by atoms with van der Waals surface area (Å²) in [7, 11) is 1.79. The summed E-state index contributed by atoms with van der Waals surface area (Å²) in [6.07, 6.45) is 1.58. The van der Waals surface area contributed by atoms with E-state index in [1.807, 2.05) is 0 Å². The van der Waals surface area contributed by atoms with E-state index in [0.717, 1.165) is 0 Å². The van der Waals surface area contributed by atoms with Crippen molar-refractivity contribution >= 4 is 23.6 Å². The van der Waals surface area contributed by atoms with Crippen molar-refractivity contribution in [2.24, 2.45) is 7.05 Å². The molecule has 19 heavy (non-hydrogen) atoms. The highest BCUT2D eigenvalue weighted by Crippen LogP contribution is 2.16. The molecule has 0 aliphatic rings. The van der Waals surface area contributed by atoms with Gasteiger partial charge in [-0.15, -0.1) is 0 Å². The Kier molecular flexibility index (Phi) is 6.37. The van der Waals surface area contributed by atoms with Crippen LogP contribution >= 0.6 is 11.8 Å². The van der Waals surface area contributed by atoms with Crippen molar-refractivity contribution in [2.45, 2.75) is 18.7 Å². The van der Waals surface area contributed by atoms with Crippen LogP contribution in [0.1, 0.15) is 12.6 Å². The second-order valence-corrected chi connectivity index (χ2v) is 4.81. The van der Waals surface area contributed by atoms with Crippen LogP contribution in [0.15, 0.2) is 11.4 Å². The van der Waals surface area contributed by atoms with Crippen LogP contribution in [0.25, 0.3) is 0 Å². The quantitative estimate of drug-likeness (QED) is 0.453. The fourth-order valence-electron chi connectivity index (χ4n) is 1.33. The third kappa shape index (κ3) is 5.31. The lowest BCUT2D eigenvalue weighted by atomic mass is 10.5. The molecule has 0 spiro atoms. The monoisotopic (exact) mass is 286 g/mol. The summed E-state index contributed by atoms with van der Waals surface area (Å²) in [5, 5.41) is 15.0. The topological polar surface area (TPSA) is 96.2 Å². The second-order valence-electron chi connectivity index (χ2n) is 3.87. The fourth-order valence-corrected chi connectivity index (χ4v) is 2.13. The van der Waals surface area contributed by atoms with Gasteiger partial charge in [0.05, 0.1) is 24.3 Å². The van der Waals surface area contributed by atoms with Crippen LogP contribution in [0.5, 0.6) is 0 Å². The van der Waals surface area contributed by atoms with Gasteiger partial charge in [-0.1, -0.05) is 11.8 Å². The normalized spacial score (nSPS) is 10.3. The summed E-state index contributed by atoms with van der Waals surface area (Å²) in [4.78, 5) is 26.2. The van der Waals surface area contributed by atoms with Gasteiger partial charge in [0.25, 0.3) is 0 Å². The van der Waals surface area contributed by atoms with E-state index in [0.29, 0.717) is 23.9 Å². The molecular formula is C11H18N4O3S. The number of nitrogens with one attached hydrogen (secondary N) is 2. The van der Waals surface area contributed by atoms with Crippen molar-refractivity contribution in [1.82, 2.24) is 20.2 Å². The van der Waals surface area contributed by atoms with Gasteiger partial charge in [-0.05, 0) is 0 Å². The minimum atomic E-state index is -0.121. The third-order valence-corrected chi connectivity index (χ3v) is 3.40. The fraction of sp³-hybridized carbons (Fsp3) is 0.545. The molecule has 2 amide bonds. The standard InChI is InChI=1S/C11H18N4O3S/c1-8(17)12-3-4-13-10(18)7-19-11-14-5-9(6-16)15(11)2/h5,16H,3-4,6-7H2,1-2H3,(H,12,17)(H,13,18). The van der Waals surface area contributed by atoms with Gasteiger partial charge in [-0.3, -0.25) is 9.59 Å². The molecule has 1 rings (SSSR count). The van der Waals surface area contributed by atoms with Crippen molar-refractivity contribution in [3.63, 3.8) is 0 Å². The highest BCUT2D eigenvalue weighted by Gasteiger charge is 2.08. The molecular weight excluding hydrogens is 268 g/mol. The lowest BCUT2D eigenvalue weighted by Crippen LogP contribution is -2.34. The molecule has 0 aliphatic carbocycles. The van der Waals surface area contributed by atoms with Gasteiger partial charge >= 0.3 is 0 Å². The summed E-state index contributed by atoms with van der Waals surface area (Å²) in [5.41, 5.74) is 0.702. The Morgan fingerprint density at radius 1 is 1.42 bits per heavy atom. The van der Waals surface area contributed by atoms with E-state index in [1.165, 1.54) is 18.7 Å². The van der Waals surface area contributed by atoms with Crippen LogP contribution in [0.2, 0.25) is 0 Å². The summed E-state index contributed by atoms with van der Waals surface area (Å²) in [6.45, 7) is 2.18. The number of nitrogens with zero attached hydrogens (tertiary/aromatic N) is 2. The summed E-state index contributed by atoms with van der Waals surface area (Å²) < 4.78 is 1.75. The molecule has 106 valence electrons. The van der Waals surface area contributed by atoms with Crippen LogP contribution < -0.4 is 10.6 Å². The Morgan fingerprint density at radius 3 is 2.68 bits per heavy atom. The predicted molar refractivity (Wildman–Crippen MR) is 71.5 cm³/mol. The number of hydrogen-bond donors (Lipinski definition) is 3. The van der Waals surface area contributed by atoms with Crippen molar-refractivity contribution < 1.29 is 14.7 Å². The van der Waals surface area contributed by atoms with E-state index in [-0.39, 0.29) is 24.2 Å². The number of amides is 2. The zero-order chi connectivity index (χ0) is 14.3. The average molecular weight is 286 g/mol. The van der Waals surface area contributed by atoms with Crippen molar-refractivity contribution in [3.05, 3.63) is 11.9 Å². The lowest BCUT2D eigenvalue weighted by molar-refractivity contribution is -0.120. The SMILES string of the molecule is CC(=O)NCCNC(=O)CSc1ncc(CO)n1C. The molecule has 0 atom stereocenters. The Bertz CT molecular complexity index is 447. The van der Waals surface area contributed by atoms with E-state index in [4.69, 9.17) is 5.11 Å². The van der Waals surface area contributed by atoms with Crippen LogP contribution in [0, 0.1) is 0 Å². The maximum Gasteiger partial charge on any atom is 0.230 e. The average Bonchev–Trinajstić information content (AvgIpc) is 2.72. The van der Waals surface area contributed by atoms with Crippen LogP contribution in [-0.4, -0.2) is 45.3 Å². The lowest BCUT2D eigenvalue weighted by Gasteiger charge is -2.06. The molecule has 0 saturated heterocycles. The molecule has 0 aliphatic heterocycles. The molecule has 1 heterocycles. The molecule has 3 N–H and O–H groups in total. The van der Waals surface area contributed by atoms with Gasteiger partial charge in [0.15, 0.2) is 5.16 Å². The minimum absolute atomic E-state index is 0.0764. The number of aliphatic hydroxyl groups is 1. The number of carbonyl (C=O) groups is 2. The molecule has 1 aromatic rings. The van der Waals surface area contributed by atoms with Crippen LogP contribution in [0.3, 0.4) is 0 Å². The molecule has 8 heteroatoms. The molecule has 1 aromatic heterocycles. The number of hydrogen-bond acceptors (Lipinski definition) is 5. The number of thioether (sulfide) groups is 1. The molecule has 0 radical (unpaired) electrons. The molecule has 0 saturated carbocycles. The van der Waals surface area contributed by atoms with Crippen LogP contribution in [-0.2, 0) is 23.2 Å². The number of aromatic nitrogens is 2. The Labute approximate surface area is 115 Å². The van der Waals surface area contributed by atoms with Gasteiger partial charge in [0.2, 0.25) is 11.8 Å². The predicted octanol–water partition coefficient (Wildman–Crippen LogP) is -0.743. The first kappa shape index (κ1) is 15.5. The number of rotatable bonds is 7. The first-order valence-electron chi connectivity index (χ1n) is 5.80. The number of aliphatic hydroxyl groups excluding tert-OH is 1. The molecule has 0 aromatic carbocycles. The summed E-state index contributed by atoms with van der Waals surface area (Å²) in [6, 6.07) is 0. The maximum absolute atomic E-state index is 11.5. The third-order valence-electron chi connectivity index (χ3n) is 2.36. The zero-order valence-electron chi connectivity index (χ0n) is 11.0. The van der Waals surface area contributed by atoms with E-state index in [1.54, 1.807) is 17.8 Å². The van der Waals surface area contributed by atoms with E-state index in [2.05, 4.69) is 15.6 Å². The maximum atomic E-state index is 11.5. The number of imidazole rings is 1. The Balaban J connectivity index is 2.26. The second kappa shape index (κ2) is 7.80. The molecule has 0 fully saturated rings. The smallest absolute Gasteiger partial charge is 0.230 e. The first-order chi connectivity index (χ1) is 9.04. The Morgan fingerprint density at radius 2 is 2.11 bits per heavy atom. The first-order valence-corrected chi connectivity index (χ1v) is 6.78. The number of carbonyl (C=O) groups excluding carboxylic acids is 2. The van der Waals surface area contributed by atoms with Crippen molar-refractivity contribution in [3.8, 4) is 0 Å². The van der Waals surface area contributed by atoms with Gasteiger partial charge in [0.1, 0.15) is 0 Å². The largest absolute Gasteiger partial charge is 0.390 e. The van der Waals surface area contributed by atoms with Gasteiger partial charge in [0, 0.05) is 27.1 Å². The van der Waals surface area contributed by atoms with Crippen LogP contribution in [0.4, 0.5) is 0 Å². The van der Waals surface area contributed by atoms with Gasteiger partial charge < -0.3 is 20.3 Å². The zero-order valence-corrected chi connectivity index (χ0v) is 11.8. The Hall–Kier alpha value is -1.54. The summed E-state index contributed by atoms with van der Waals surface area (Å²) in [5.74, 6) is 0.00700. The molecule has 7 nitrogen and oxygen atoms in total. The molecule has 0 unspecified atom stereocenters. The highest BCUT2D eigenvalue weighted by atomic mass is 32.2. The van der Waals surface area contributed by atoms with E-state index < -0.39 is 0 Å². The highest BCUT2D eigenvalue weighted by molar-refractivity contribution is 7.99. The van der Waals surface area contributed by atoms with Crippen molar-refractivity contribution in [2.75, 3.05) is 18.8 Å². The minimum Gasteiger partial charge on any atom is -0.390 e. The van der Waals surface area contributed by atoms with E-state index >= 15 is 0 Å². The summed E-state index contributed by atoms with van der Waals surface area (Å²) >= 11 is 1.30. The van der Waals surface area contributed by atoms with Gasteiger partial charge in [-0.2, -0.15) is 0 Å². The van der Waals surface area contributed by atoms with Gasteiger partial charge in [-0.25, -0.2) is 4.98 Å². The molecule has 0 bridgehead atoms. The van der Waals surface area contributed by atoms with E-state index in [9.17, 15) is 9.59 Å².